The molecular formula is C13H21NOS. The minimum atomic E-state index is 0.210. The van der Waals surface area contributed by atoms with Gasteiger partial charge in [-0.2, -0.15) is 0 Å². The Balaban J connectivity index is 2.32. The van der Waals surface area contributed by atoms with E-state index in [9.17, 15) is 0 Å². The van der Waals surface area contributed by atoms with E-state index in [1.54, 1.807) is 0 Å². The molecule has 0 aliphatic carbocycles. The van der Waals surface area contributed by atoms with Crippen molar-refractivity contribution in [3.63, 3.8) is 0 Å². The molecule has 16 heavy (non-hydrogen) atoms. The minimum absolute atomic E-state index is 0.210. The molecule has 0 aromatic heterocycles. The molecule has 1 unspecified atom stereocenters. The zero-order valence-electron chi connectivity index (χ0n) is 10.1. The maximum atomic E-state index is 5.63. The van der Waals surface area contributed by atoms with Crippen LogP contribution >= 0.6 is 11.8 Å². The van der Waals surface area contributed by atoms with E-state index in [-0.39, 0.29) is 6.10 Å². The molecule has 0 aliphatic heterocycles. The third-order valence-electron chi connectivity index (χ3n) is 2.46. The molecule has 0 amide bonds. The highest BCUT2D eigenvalue weighted by molar-refractivity contribution is 7.99. The summed E-state index contributed by atoms with van der Waals surface area (Å²) in [6, 6.07) is 8.46. The lowest BCUT2D eigenvalue weighted by Crippen LogP contribution is -2.24. The van der Waals surface area contributed by atoms with Gasteiger partial charge in [0.05, 0.1) is 6.10 Å². The van der Waals surface area contributed by atoms with E-state index < -0.39 is 0 Å². The monoisotopic (exact) mass is 239 g/mol. The number of thioether (sulfide) groups is 1. The summed E-state index contributed by atoms with van der Waals surface area (Å²) in [4.78, 5) is 1.36. The van der Waals surface area contributed by atoms with Crippen LogP contribution in [-0.4, -0.2) is 25.0 Å². The molecule has 0 aliphatic rings. The molecule has 2 nitrogen and oxygen atoms in total. The van der Waals surface area contributed by atoms with Crippen LogP contribution in [-0.2, 0) is 4.74 Å². The van der Waals surface area contributed by atoms with Gasteiger partial charge in [-0.15, -0.1) is 11.8 Å². The van der Waals surface area contributed by atoms with Gasteiger partial charge in [0.25, 0.3) is 0 Å². The second-order valence-corrected chi connectivity index (χ2v) is 4.85. The Hall–Kier alpha value is -0.510. The van der Waals surface area contributed by atoms with E-state index in [2.05, 4.69) is 31.2 Å². The summed E-state index contributed by atoms with van der Waals surface area (Å²) in [5.74, 6) is 1.06. The Morgan fingerprint density at radius 1 is 1.38 bits per heavy atom. The Kier molecular flexibility index (Phi) is 6.53. The quantitative estimate of drug-likeness (QED) is 0.743. The van der Waals surface area contributed by atoms with Gasteiger partial charge in [-0.1, -0.05) is 18.2 Å². The number of rotatable bonds is 7. The van der Waals surface area contributed by atoms with Gasteiger partial charge in [-0.3, -0.25) is 0 Å². The molecule has 0 heterocycles. The van der Waals surface area contributed by atoms with Crippen LogP contribution in [0.25, 0.3) is 0 Å². The van der Waals surface area contributed by atoms with Crippen molar-refractivity contribution >= 4 is 11.8 Å². The summed E-state index contributed by atoms with van der Waals surface area (Å²) < 4.78 is 5.52. The normalized spacial score (nSPS) is 12.7. The number of benzene rings is 1. The Morgan fingerprint density at radius 3 is 2.75 bits per heavy atom. The summed E-state index contributed by atoms with van der Waals surface area (Å²) in [5, 5.41) is 0. The molecule has 90 valence electrons. The first-order chi connectivity index (χ1) is 7.77. The van der Waals surface area contributed by atoms with Crippen molar-refractivity contribution in [2.24, 2.45) is 5.73 Å². The zero-order valence-corrected chi connectivity index (χ0v) is 10.9. The first-order valence-corrected chi connectivity index (χ1v) is 6.76. The highest BCUT2D eigenvalue weighted by Gasteiger charge is 2.06. The molecule has 2 N–H and O–H groups in total. The van der Waals surface area contributed by atoms with Gasteiger partial charge < -0.3 is 10.5 Å². The highest BCUT2D eigenvalue weighted by Crippen LogP contribution is 2.22. The predicted octanol–water partition coefficient (Wildman–Crippen LogP) is 2.84. The molecule has 0 saturated heterocycles. The van der Waals surface area contributed by atoms with Crippen LogP contribution in [0.2, 0.25) is 0 Å². The second kappa shape index (κ2) is 7.71. The summed E-state index contributed by atoms with van der Waals surface area (Å²) >= 11 is 1.88. The summed E-state index contributed by atoms with van der Waals surface area (Å²) in [7, 11) is 0. The summed E-state index contributed by atoms with van der Waals surface area (Å²) in [6.45, 7) is 5.52. The maximum Gasteiger partial charge on any atom is 0.0705 e. The third kappa shape index (κ3) is 4.56. The van der Waals surface area contributed by atoms with Crippen LogP contribution in [0.3, 0.4) is 0 Å². The average Bonchev–Trinajstić information content (AvgIpc) is 2.30. The molecule has 0 bridgehead atoms. The number of ether oxygens (including phenoxy) is 1. The van der Waals surface area contributed by atoms with Crippen molar-refractivity contribution in [1.82, 2.24) is 0 Å². The fraction of sp³-hybridized carbons (Fsp3) is 0.538. The van der Waals surface area contributed by atoms with E-state index in [4.69, 9.17) is 10.5 Å². The van der Waals surface area contributed by atoms with Crippen molar-refractivity contribution in [2.45, 2.75) is 31.3 Å². The van der Waals surface area contributed by atoms with Crippen LogP contribution in [0.1, 0.15) is 18.9 Å². The fourth-order valence-electron chi connectivity index (χ4n) is 1.52. The van der Waals surface area contributed by atoms with Crippen LogP contribution < -0.4 is 5.73 Å². The molecule has 1 rings (SSSR count). The standard InChI is InChI=1S/C13H21NOS/c1-3-15-12(10-14)8-9-16-13-7-5-4-6-11(13)2/h4-7,12H,3,8-10,14H2,1-2H3. The van der Waals surface area contributed by atoms with E-state index in [0.717, 1.165) is 18.8 Å². The van der Waals surface area contributed by atoms with Crippen molar-refractivity contribution in [3.8, 4) is 0 Å². The van der Waals surface area contributed by atoms with Gasteiger partial charge in [0.2, 0.25) is 0 Å². The van der Waals surface area contributed by atoms with Crippen molar-refractivity contribution in [1.29, 1.82) is 0 Å². The van der Waals surface area contributed by atoms with Gasteiger partial charge in [0.1, 0.15) is 0 Å². The third-order valence-corrected chi connectivity index (χ3v) is 3.67. The summed E-state index contributed by atoms with van der Waals surface area (Å²) in [5.41, 5.74) is 6.97. The molecule has 1 aromatic rings. The zero-order chi connectivity index (χ0) is 11.8. The number of nitrogens with two attached hydrogens (primary N) is 1. The van der Waals surface area contributed by atoms with Crippen LogP contribution in [0.15, 0.2) is 29.2 Å². The lowest BCUT2D eigenvalue weighted by molar-refractivity contribution is 0.0674. The largest absolute Gasteiger partial charge is 0.377 e. The van der Waals surface area contributed by atoms with E-state index in [1.807, 2.05) is 18.7 Å². The van der Waals surface area contributed by atoms with Crippen molar-refractivity contribution in [3.05, 3.63) is 29.8 Å². The van der Waals surface area contributed by atoms with Crippen LogP contribution in [0.5, 0.6) is 0 Å². The minimum Gasteiger partial charge on any atom is -0.377 e. The lowest BCUT2D eigenvalue weighted by Gasteiger charge is -2.14. The van der Waals surface area contributed by atoms with Gasteiger partial charge in [-0.05, 0) is 31.9 Å². The van der Waals surface area contributed by atoms with Crippen LogP contribution in [0, 0.1) is 6.92 Å². The smallest absolute Gasteiger partial charge is 0.0705 e. The predicted molar refractivity (Wildman–Crippen MR) is 71.0 cm³/mol. The van der Waals surface area contributed by atoms with Gasteiger partial charge in [-0.25, -0.2) is 0 Å². The van der Waals surface area contributed by atoms with E-state index in [1.165, 1.54) is 10.5 Å². The molecule has 1 atom stereocenters. The van der Waals surface area contributed by atoms with Crippen molar-refractivity contribution in [2.75, 3.05) is 18.9 Å². The number of hydrogen-bond donors (Lipinski definition) is 1. The van der Waals surface area contributed by atoms with Crippen LogP contribution in [0.4, 0.5) is 0 Å². The Bertz CT molecular complexity index is 304. The first-order valence-electron chi connectivity index (χ1n) is 5.78. The molecule has 3 heteroatoms. The Labute approximate surface area is 103 Å². The van der Waals surface area contributed by atoms with Crippen molar-refractivity contribution < 1.29 is 4.74 Å². The highest BCUT2D eigenvalue weighted by atomic mass is 32.2. The molecule has 1 aromatic carbocycles. The van der Waals surface area contributed by atoms with E-state index in [0.29, 0.717) is 6.54 Å². The number of aryl methyl sites for hydroxylation is 1. The maximum absolute atomic E-state index is 5.63. The SMILES string of the molecule is CCOC(CN)CCSc1ccccc1C. The fourth-order valence-corrected chi connectivity index (χ4v) is 2.59. The van der Waals surface area contributed by atoms with E-state index >= 15 is 0 Å². The molecule has 0 saturated carbocycles. The first kappa shape index (κ1) is 13.6. The molecular weight excluding hydrogens is 218 g/mol. The van der Waals surface area contributed by atoms with Gasteiger partial charge >= 0.3 is 0 Å². The topological polar surface area (TPSA) is 35.2 Å². The Morgan fingerprint density at radius 2 is 2.12 bits per heavy atom. The van der Waals surface area contributed by atoms with Gasteiger partial charge in [0.15, 0.2) is 0 Å². The number of hydrogen-bond acceptors (Lipinski definition) is 3. The second-order valence-electron chi connectivity index (χ2n) is 3.72. The summed E-state index contributed by atoms with van der Waals surface area (Å²) in [6.07, 6.45) is 1.23. The van der Waals surface area contributed by atoms with Gasteiger partial charge in [0, 0.05) is 23.8 Å². The lowest BCUT2D eigenvalue weighted by atomic mass is 10.2. The molecule has 0 fully saturated rings. The molecule has 0 radical (unpaired) electrons. The molecule has 0 spiro atoms. The average molecular weight is 239 g/mol.